The number of nitrogens with one attached hydrogen (secondary N) is 1. The van der Waals surface area contributed by atoms with Gasteiger partial charge < -0.3 is 19.7 Å². The number of hydrogen-bond donors (Lipinski definition) is 1. The van der Waals surface area contributed by atoms with Crippen LogP contribution in [-0.4, -0.2) is 43.5 Å². The van der Waals surface area contributed by atoms with Crippen LogP contribution >= 0.6 is 0 Å². The molecule has 2 aromatic rings. The van der Waals surface area contributed by atoms with Gasteiger partial charge in [-0.15, -0.1) is 0 Å². The first kappa shape index (κ1) is 23.2. The third-order valence-electron chi connectivity index (χ3n) is 4.79. The Morgan fingerprint density at radius 3 is 2.27 bits per heavy atom. The van der Waals surface area contributed by atoms with E-state index in [0.29, 0.717) is 18.0 Å². The molecule has 0 aliphatic carbocycles. The van der Waals surface area contributed by atoms with E-state index in [1.807, 2.05) is 6.92 Å². The number of rotatable bonds is 10. The van der Waals surface area contributed by atoms with Crippen molar-refractivity contribution < 1.29 is 23.5 Å². The molecular weight excluding hydrogens is 387 g/mol. The van der Waals surface area contributed by atoms with Gasteiger partial charge >= 0.3 is 0 Å². The molecule has 1 N–H and O–H groups in total. The molecule has 2 rings (SSSR count). The van der Waals surface area contributed by atoms with Crippen LogP contribution in [-0.2, 0) is 22.6 Å². The summed E-state index contributed by atoms with van der Waals surface area (Å²) < 4.78 is 23.8. The lowest BCUT2D eigenvalue weighted by Gasteiger charge is -2.29. The van der Waals surface area contributed by atoms with Crippen LogP contribution in [0.1, 0.15) is 31.4 Å². The molecule has 0 aromatic heterocycles. The first-order valence-electron chi connectivity index (χ1n) is 9.92. The van der Waals surface area contributed by atoms with Gasteiger partial charge in [-0.25, -0.2) is 4.39 Å². The largest absolute Gasteiger partial charge is 0.493 e. The standard InChI is InChI=1S/C23H29FN2O4/c1-5-12-25-23(28)16(2)26(15-17-6-9-19(24)10-7-17)22(27)14-18-8-11-20(29-3)21(13-18)30-4/h6-11,13,16H,5,12,14-15H2,1-4H3,(H,25,28). The summed E-state index contributed by atoms with van der Waals surface area (Å²) in [6, 6.07) is 10.5. The Bertz CT molecular complexity index is 855. The van der Waals surface area contributed by atoms with Gasteiger partial charge in [0.2, 0.25) is 11.8 Å². The average Bonchev–Trinajstić information content (AvgIpc) is 2.76. The summed E-state index contributed by atoms with van der Waals surface area (Å²) in [4.78, 5) is 27.2. The second kappa shape index (κ2) is 11.2. The van der Waals surface area contributed by atoms with Gasteiger partial charge in [0.05, 0.1) is 20.6 Å². The van der Waals surface area contributed by atoms with Crippen molar-refractivity contribution in [3.63, 3.8) is 0 Å². The summed E-state index contributed by atoms with van der Waals surface area (Å²) in [5.41, 5.74) is 1.48. The fraction of sp³-hybridized carbons (Fsp3) is 0.391. The highest BCUT2D eigenvalue weighted by molar-refractivity contribution is 5.88. The lowest BCUT2D eigenvalue weighted by atomic mass is 10.1. The van der Waals surface area contributed by atoms with Crippen LogP contribution in [0.2, 0.25) is 0 Å². The smallest absolute Gasteiger partial charge is 0.242 e. The minimum atomic E-state index is -0.672. The van der Waals surface area contributed by atoms with Crippen molar-refractivity contribution in [1.29, 1.82) is 0 Å². The molecule has 1 unspecified atom stereocenters. The minimum absolute atomic E-state index is 0.0902. The lowest BCUT2D eigenvalue weighted by molar-refractivity contribution is -0.140. The molecule has 6 nitrogen and oxygen atoms in total. The normalized spacial score (nSPS) is 11.5. The maximum Gasteiger partial charge on any atom is 0.242 e. The number of hydrogen-bond acceptors (Lipinski definition) is 4. The summed E-state index contributed by atoms with van der Waals surface area (Å²) >= 11 is 0. The molecule has 2 aromatic carbocycles. The predicted molar refractivity (Wildman–Crippen MR) is 113 cm³/mol. The Morgan fingerprint density at radius 1 is 1.03 bits per heavy atom. The molecule has 0 fully saturated rings. The highest BCUT2D eigenvalue weighted by Crippen LogP contribution is 2.28. The number of halogens is 1. The van der Waals surface area contributed by atoms with E-state index in [1.165, 1.54) is 24.1 Å². The highest BCUT2D eigenvalue weighted by atomic mass is 19.1. The number of carbonyl (C=O) groups is 2. The van der Waals surface area contributed by atoms with Crippen molar-refractivity contribution in [1.82, 2.24) is 10.2 Å². The third kappa shape index (κ3) is 6.20. The van der Waals surface area contributed by atoms with Gasteiger partial charge in [-0.3, -0.25) is 9.59 Å². The summed E-state index contributed by atoms with van der Waals surface area (Å²) in [6.45, 7) is 4.40. The van der Waals surface area contributed by atoms with Crippen molar-refractivity contribution in [2.75, 3.05) is 20.8 Å². The van der Waals surface area contributed by atoms with E-state index in [2.05, 4.69) is 5.32 Å². The Morgan fingerprint density at radius 2 is 1.67 bits per heavy atom. The Kier molecular flexibility index (Phi) is 8.65. The highest BCUT2D eigenvalue weighted by Gasteiger charge is 2.26. The predicted octanol–water partition coefficient (Wildman–Crippen LogP) is 3.33. The monoisotopic (exact) mass is 416 g/mol. The van der Waals surface area contributed by atoms with E-state index in [-0.39, 0.29) is 30.6 Å². The number of methoxy groups -OCH3 is 2. The van der Waals surface area contributed by atoms with Crippen LogP contribution in [0.4, 0.5) is 4.39 Å². The average molecular weight is 416 g/mol. The molecule has 7 heteroatoms. The topological polar surface area (TPSA) is 67.9 Å². The number of benzene rings is 2. The van der Waals surface area contributed by atoms with Crippen LogP contribution in [0, 0.1) is 5.82 Å². The first-order chi connectivity index (χ1) is 14.4. The van der Waals surface area contributed by atoms with Crippen molar-refractivity contribution in [3.05, 3.63) is 59.4 Å². The molecule has 0 saturated carbocycles. The zero-order chi connectivity index (χ0) is 22.1. The molecule has 0 bridgehead atoms. The van der Waals surface area contributed by atoms with Crippen LogP contribution < -0.4 is 14.8 Å². The molecule has 1 atom stereocenters. The zero-order valence-electron chi connectivity index (χ0n) is 17.9. The summed E-state index contributed by atoms with van der Waals surface area (Å²) in [7, 11) is 3.08. The Hall–Kier alpha value is -3.09. The van der Waals surface area contributed by atoms with Gasteiger partial charge in [-0.05, 0) is 48.7 Å². The SMILES string of the molecule is CCCNC(=O)C(C)N(Cc1ccc(F)cc1)C(=O)Cc1ccc(OC)c(OC)c1. The summed E-state index contributed by atoms with van der Waals surface area (Å²) in [5, 5.41) is 2.83. The van der Waals surface area contributed by atoms with Crippen LogP contribution in [0.15, 0.2) is 42.5 Å². The number of amides is 2. The number of nitrogens with zero attached hydrogens (tertiary/aromatic N) is 1. The maximum atomic E-state index is 13.3. The van der Waals surface area contributed by atoms with Gasteiger partial charge in [0.25, 0.3) is 0 Å². The van der Waals surface area contributed by atoms with Gasteiger partial charge in [0.1, 0.15) is 11.9 Å². The van der Waals surface area contributed by atoms with Crippen LogP contribution in [0.3, 0.4) is 0 Å². The maximum absolute atomic E-state index is 13.3. The Balaban J connectivity index is 2.24. The second-order valence-corrected chi connectivity index (χ2v) is 6.98. The van der Waals surface area contributed by atoms with Gasteiger partial charge in [0, 0.05) is 13.1 Å². The van der Waals surface area contributed by atoms with Crippen molar-refractivity contribution in [2.24, 2.45) is 0 Å². The fourth-order valence-corrected chi connectivity index (χ4v) is 3.03. The molecule has 0 heterocycles. The fourth-order valence-electron chi connectivity index (χ4n) is 3.03. The van der Waals surface area contributed by atoms with E-state index >= 15 is 0 Å². The lowest BCUT2D eigenvalue weighted by Crippen LogP contribution is -2.48. The van der Waals surface area contributed by atoms with Crippen LogP contribution in [0.5, 0.6) is 11.5 Å². The molecular formula is C23H29FN2O4. The van der Waals surface area contributed by atoms with E-state index < -0.39 is 6.04 Å². The Labute approximate surface area is 177 Å². The van der Waals surface area contributed by atoms with Crippen molar-refractivity contribution in [3.8, 4) is 11.5 Å². The van der Waals surface area contributed by atoms with Gasteiger partial charge in [-0.1, -0.05) is 25.1 Å². The number of carbonyl (C=O) groups excluding carboxylic acids is 2. The van der Waals surface area contributed by atoms with E-state index in [4.69, 9.17) is 9.47 Å². The van der Waals surface area contributed by atoms with E-state index in [0.717, 1.165) is 17.5 Å². The van der Waals surface area contributed by atoms with Gasteiger partial charge in [-0.2, -0.15) is 0 Å². The zero-order valence-corrected chi connectivity index (χ0v) is 17.9. The summed E-state index contributed by atoms with van der Waals surface area (Å²) in [6.07, 6.45) is 0.892. The second-order valence-electron chi connectivity index (χ2n) is 6.98. The van der Waals surface area contributed by atoms with E-state index in [1.54, 1.807) is 44.4 Å². The van der Waals surface area contributed by atoms with Crippen molar-refractivity contribution >= 4 is 11.8 Å². The quantitative estimate of drug-likeness (QED) is 0.645. The van der Waals surface area contributed by atoms with Crippen LogP contribution in [0.25, 0.3) is 0 Å². The molecule has 162 valence electrons. The molecule has 0 spiro atoms. The number of ether oxygens (including phenoxy) is 2. The van der Waals surface area contributed by atoms with E-state index in [9.17, 15) is 14.0 Å². The molecule has 0 radical (unpaired) electrons. The van der Waals surface area contributed by atoms with Gasteiger partial charge in [0.15, 0.2) is 11.5 Å². The summed E-state index contributed by atoms with van der Waals surface area (Å²) in [5.74, 6) is 0.312. The third-order valence-corrected chi connectivity index (χ3v) is 4.79. The first-order valence-corrected chi connectivity index (χ1v) is 9.92. The molecule has 30 heavy (non-hydrogen) atoms. The minimum Gasteiger partial charge on any atom is -0.493 e. The molecule has 0 aliphatic heterocycles. The van der Waals surface area contributed by atoms with Crippen molar-refractivity contribution in [2.45, 2.75) is 39.3 Å². The molecule has 0 saturated heterocycles. The molecule has 2 amide bonds. The molecule has 0 aliphatic rings.